The number of hydrogen-bond acceptors (Lipinski definition) is 6. The third kappa shape index (κ3) is 2.80. The summed E-state index contributed by atoms with van der Waals surface area (Å²) in [6.45, 7) is 1.47. The van der Waals surface area contributed by atoms with Crippen LogP contribution in [0.2, 0.25) is 0 Å². The van der Waals surface area contributed by atoms with Gasteiger partial charge in [0.25, 0.3) is 5.91 Å². The van der Waals surface area contributed by atoms with Crippen molar-refractivity contribution >= 4 is 34.7 Å². The second-order valence-corrected chi connectivity index (χ2v) is 7.67. The number of carbonyl (C=O) groups excluding carboxylic acids is 1. The van der Waals surface area contributed by atoms with E-state index in [1.165, 1.54) is 11.3 Å². The van der Waals surface area contributed by atoms with Gasteiger partial charge in [-0.15, -0.1) is 21.5 Å². The predicted octanol–water partition coefficient (Wildman–Crippen LogP) is 2.93. The molecule has 6 nitrogen and oxygen atoms in total. The number of thiazole rings is 1. The molecule has 0 saturated carbocycles. The molecule has 0 aromatic carbocycles. The lowest BCUT2D eigenvalue weighted by atomic mass is 9.96. The van der Waals surface area contributed by atoms with Gasteiger partial charge in [0.2, 0.25) is 0 Å². The van der Waals surface area contributed by atoms with Crippen molar-refractivity contribution < 1.29 is 4.79 Å². The van der Waals surface area contributed by atoms with Gasteiger partial charge >= 0.3 is 0 Å². The summed E-state index contributed by atoms with van der Waals surface area (Å²) in [6.07, 6.45) is 5.78. The topological polar surface area (TPSA) is 63.4 Å². The van der Waals surface area contributed by atoms with Gasteiger partial charge in [-0.25, -0.2) is 4.98 Å². The Morgan fingerprint density at radius 3 is 2.88 bits per heavy atom. The van der Waals surface area contributed by atoms with E-state index < -0.39 is 0 Å². The molecule has 8 heteroatoms. The maximum absolute atomic E-state index is 12.6. The lowest BCUT2D eigenvalue weighted by Gasteiger charge is -2.30. The first-order valence-corrected chi connectivity index (χ1v) is 9.95. The van der Waals surface area contributed by atoms with Gasteiger partial charge in [0.15, 0.2) is 5.65 Å². The maximum atomic E-state index is 12.6. The largest absolute Gasteiger partial charge is 0.337 e. The van der Waals surface area contributed by atoms with Gasteiger partial charge in [-0.3, -0.25) is 9.20 Å². The number of hydrogen-bond donors (Lipinski definition) is 0. The average molecular weight is 359 g/mol. The van der Waals surface area contributed by atoms with Crippen LogP contribution in [0.3, 0.4) is 0 Å². The van der Waals surface area contributed by atoms with E-state index in [0.717, 1.165) is 41.7 Å². The van der Waals surface area contributed by atoms with Crippen molar-refractivity contribution in [3.8, 4) is 0 Å². The minimum atomic E-state index is 0.0381. The quantitative estimate of drug-likeness (QED) is 0.673. The molecule has 0 N–H and O–H groups in total. The van der Waals surface area contributed by atoms with E-state index in [0.29, 0.717) is 11.6 Å². The second kappa shape index (κ2) is 6.52. The number of fused-ring (bicyclic) bond motifs is 1. The zero-order valence-corrected chi connectivity index (χ0v) is 14.9. The van der Waals surface area contributed by atoms with Gasteiger partial charge < -0.3 is 4.90 Å². The van der Waals surface area contributed by atoms with Crippen LogP contribution in [0.5, 0.6) is 0 Å². The number of piperidine rings is 1. The number of pyridine rings is 1. The molecular weight excluding hydrogens is 342 g/mol. The van der Waals surface area contributed by atoms with Crippen molar-refractivity contribution in [1.82, 2.24) is 24.5 Å². The fraction of sp³-hybridized carbons (Fsp3) is 0.375. The standard InChI is InChI=1S/C16H17N5OS2/c1-23-16-17-12(10-24-16)15(22)20-8-5-11(6-9-20)14-19-18-13-4-2-3-7-21(13)14/h2-4,7,10-11H,5-6,8-9H2,1H3. The van der Waals surface area contributed by atoms with Crippen LogP contribution in [-0.2, 0) is 0 Å². The molecule has 24 heavy (non-hydrogen) atoms. The Hall–Kier alpha value is -1.93. The van der Waals surface area contributed by atoms with Gasteiger partial charge in [0, 0.05) is 30.6 Å². The molecule has 4 rings (SSSR count). The van der Waals surface area contributed by atoms with E-state index in [1.54, 1.807) is 11.8 Å². The molecule has 0 atom stereocenters. The highest BCUT2D eigenvalue weighted by molar-refractivity contribution is 8.00. The van der Waals surface area contributed by atoms with Crippen LogP contribution in [0, 0.1) is 0 Å². The van der Waals surface area contributed by atoms with Crippen LogP contribution in [0.1, 0.15) is 35.1 Å². The Bertz CT molecular complexity index is 866. The third-order valence-corrected chi connectivity index (χ3v) is 6.23. The predicted molar refractivity (Wildman–Crippen MR) is 94.8 cm³/mol. The van der Waals surface area contributed by atoms with E-state index in [-0.39, 0.29) is 5.91 Å². The summed E-state index contributed by atoms with van der Waals surface area (Å²) in [6, 6.07) is 5.91. The van der Waals surface area contributed by atoms with Crippen molar-refractivity contribution in [1.29, 1.82) is 0 Å². The van der Waals surface area contributed by atoms with Gasteiger partial charge in [-0.1, -0.05) is 17.8 Å². The molecule has 3 aromatic rings. The normalized spacial score (nSPS) is 16.0. The number of likely N-dealkylation sites (tertiary alicyclic amines) is 1. The molecule has 0 aliphatic carbocycles. The Balaban J connectivity index is 1.45. The lowest BCUT2D eigenvalue weighted by Crippen LogP contribution is -2.38. The third-order valence-electron chi connectivity index (χ3n) is 4.36. The first-order valence-electron chi connectivity index (χ1n) is 7.84. The second-order valence-electron chi connectivity index (χ2n) is 5.76. The van der Waals surface area contributed by atoms with E-state index in [9.17, 15) is 4.79 Å². The number of nitrogens with zero attached hydrogens (tertiary/aromatic N) is 5. The smallest absolute Gasteiger partial charge is 0.273 e. The summed E-state index contributed by atoms with van der Waals surface area (Å²) < 4.78 is 2.98. The fourth-order valence-corrected chi connectivity index (χ4v) is 4.33. The first kappa shape index (κ1) is 15.6. The summed E-state index contributed by atoms with van der Waals surface area (Å²) in [5, 5.41) is 10.4. The molecule has 0 bridgehead atoms. The highest BCUT2D eigenvalue weighted by Gasteiger charge is 2.28. The van der Waals surface area contributed by atoms with Crippen LogP contribution in [0.25, 0.3) is 5.65 Å². The zero-order chi connectivity index (χ0) is 16.5. The first-order chi connectivity index (χ1) is 11.8. The minimum Gasteiger partial charge on any atom is -0.337 e. The molecule has 0 unspecified atom stereocenters. The summed E-state index contributed by atoms with van der Waals surface area (Å²) in [7, 11) is 0. The molecule has 1 aliphatic heterocycles. The molecule has 3 aromatic heterocycles. The Labute approximate surface area is 147 Å². The van der Waals surface area contributed by atoms with Crippen molar-refractivity contribution in [2.24, 2.45) is 0 Å². The van der Waals surface area contributed by atoms with Crippen LogP contribution >= 0.6 is 23.1 Å². The molecule has 4 heterocycles. The summed E-state index contributed by atoms with van der Waals surface area (Å²) in [4.78, 5) is 18.8. The maximum Gasteiger partial charge on any atom is 0.273 e. The molecule has 1 saturated heterocycles. The Kier molecular flexibility index (Phi) is 4.24. The SMILES string of the molecule is CSc1nc(C(=O)N2CCC(c3nnc4ccccn34)CC2)cs1. The molecule has 1 fully saturated rings. The minimum absolute atomic E-state index is 0.0381. The Morgan fingerprint density at radius 1 is 1.29 bits per heavy atom. The van der Waals surface area contributed by atoms with Crippen molar-refractivity contribution in [2.75, 3.05) is 19.3 Å². The van der Waals surface area contributed by atoms with E-state index >= 15 is 0 Å². The van der Waals surface area contributed by atoms with Crippen LogP contribution < -0.4 is 0 Å². The van der Waals surface area contributed by atoms with Crippen molar-refractivity contribution in [3.63, 3.8) is 0 Å². The Morgan fingerprint density at radius 2 is 2.12 bits per heavy atom. The number of rotatable bonds is 3. The molecule has 1 amide bonds. The average Bonchev–Trinajstić information content (AvgIpc) is 3.28. The highest BCUT2D eigenvalue weighted by atomic mass is 32.2. The van der Waals surface area contributed by atoms with E-state index in [4.69, 9.17) is 0 Å². The van der Waals surface area contributed by atoms with E-state index in [1.807, 2.05) is 45.3 Å². The number of thioether (sulfide) groups is 1. The van der Waals surface area contributed by atoms with E-state index in [2.05, 4.69) is 15.2 Å². The number of carbonyl (C=O) groups is 1. The summed E-state index contributed by atoms with van der Waals surface area (Å²) in [5.74, 6) is 1.37. The van der Waals surface area contributed by atoms with Gasteiger partial charge in [-0.05, 0) is 31.2 Å². The lowest BCUT2D eigenvalue weighted by molar-refractivity contribution is 0.0705. The molecule has 1 aliphatic rings. The molecule has 124 valence electrons. The van der Waals surface area contributed by atoms with Gasteiger partial charge in [0.05, 0.1) is 0 Å². The monoisotopic (exact) mass is 359 g/mol. The van der Waals surface area contributed by atoms with Crippen LogP contribution in [0.15, 0.2) is 34.1 Å². The number of aromatic nitrogens is 4. The van der Waals surface area contributed by atoms with Crippen LogP contribution in [0.4, 0.5) is 0 Å². The van der Waals surface area contributed by atoms with Crippen LogP contribution in [-0.4, -0.2) is 49.7 Å². The number of amides is 1. The molecule has 0 spiro atoms. The van der Waals surface area contributed by atoms with Gasteiger partial charge in [-0.2, -0.15) is 0 Å². The fourth-order valence-electron chi connectivity index (χ4n) is 3.09. The zero-order valence-electron chi connectivity index (χ0n) is 13.3. The molecule has 0 radical (unpaired) electrons. The van der Waals surface area contributed by atoms with Gasteiger partial charge in [0.1, 0.15) is 15.9 Å². The molecular formula is C16H17N5OS2. The highest BCUT2D eigenvalue weighted by Crippen LogP contribution is 2.28. The summed E-state index contributed by atoms with van der Waals surface area (Å²) >= 11 is 3.10. The van der Waals surface area contributed by atoms with Crippen molar-refractivity contribution in [2.45, 2.75) is 23.1 Å². The summed E-state index contributed by atoms with van der Waals surface area (Å²) in [5.41, 5.74) is 1.44. The van der Waals surface area contributed by atoms with Crippen molar-refractivity contribution in [3.05, 3.63) is 41.3 Å².